The van der Waals surface area contributed by atoms with Crippen LogP contribution >= 0.6 is 23.2 Å². The van der Waals surface area contributed by atoms with Crippen LogP contribution in [0, 0.1) is 5.82 Å². The van der Waals surface area contributed by atoms with E-state index in [1.54, 1.807) is 25.1 Å². The molecule has 0 aromatic heterocycles. The van der Waals surface area contributed by atoms with Crippen molar-refractivity contribution in [1.29, 1.82) is 0 Å². The molecular formula is C19H20Cl2FNO4. The molecule has 8 heteroatoms. The first kappa shape index (κ1) is 21.3. The Morgan fingerprint density at radius 3 is 2.63 bits per heavy atom. The van der Waals surface area contributed by atoms with Crippen LogP contribution < -0.4 is 14.8 Å². The highest BCUT2D eigenvalue weighted by Gasteiger charge is 2.16. The Labute approximate surface area is 167 Å². The second kappa shape index (κ2) is 9.78. The van der Waals surface area contributed by atoms with Gasteiger partial charge in [0.1, 0.15) is 18.5 Å². The molecule has 2 aromatic carbocycles. The molecule has 1 unspecified atom stereocenters. The van der Waals surface area contributed by atoms with E-state index in [2.05, 4.69) is 5.32 Å². The van der Waals surface area contributed by atoms with Gasteiger partial charge in [-0.15, -0.1) is 0 Å². The summed E-state index contributed by atoms with van der Waals surface area (Å²) in [5, 5.41) is 12.3. The van der Waals surface area contributed by atoms with Gasteiger partial charge in [0.05, 0.1) is 16.7 Å². The van der Waals surface area contributed by atoms with Gasteiger partial charge in [0, 0.05) is 12.1 Å². The van der Waals surface area contributed by atoms with Gasteiger partial charge >= 0.3 is 5.97 Å². The van der Waals surface area contributed by atoms with Gasteiger partial charge in [0.15, 0.2) is 11.5 Å². The molecule has 5 nitrogen and oxygen atoms in total. The average molecular weight is 416 g/mol. The van der Waals surface area contributed by atoms with E-state index in [-0.39, 0.29) is 34.5 Å². The molecule has 0 heterocycles. The van der Waals surface area contributed by atoms with Gasteiger partial charge < -0.3 is 19.9 Å². The number of rotatable bonds is 9. The van der Waals surface area contributed by atoms with Gasteiger partial charge in [-0.1, -0.05) is 29.3 Å². The maximum Gasteiger partial charge on any atom is 0.320 e. The van der Waals surface area contributed by atoms with Crippen LogP contribution in [0.3, 0.4) is 0 Å². The number of ether oxygens (including phenoxy) is 2. The summed E-state index contributed by atoms with van der Waals surface area (Å²) in [4.78, 5) is 10.9. The highest BCUT2D eigenvalue weighted by Crippen LogP contribution is 2.37. The Kier molecular flexibility index (Phi) is 7.71. The van der Waals surface area contributed by atoms with Crippen LogP contribution in [-0.4, -0.2) is 23.7 Å². The zero-order valence-electron chi connectivity index (χ0n) is 14.9. The molecule has 0 amide bonds. The van der Waals surface area contributed by atoms with Crippen LogP contribution in [0.4, 0.5) is 4.39 Å². The summed E-state index contributed by atoms with van der Waals surface area (Å²) in [5.74, 6) is -0.766. The third kappa shape index (κ3) is 5.73. The third-order valence-electron chi connectivity index (χ3n) is 3.77. The summed E-state index contributed by atoms with van der Waals surface area (Å²) in [5.41, 5.74) is 0.950. The molecule has 0 aliphatic heterocycles. The fourth-order valence-corrected chi connectivity index (χ4v) is 2.80. The molecule has 2 N–H and O–H groups in total. The Hall–Kier alpha value is -2.02. The predicted octanol–water partition coefficient (Wildman–Crippen LogP) is 4.67. The third-order valence-corrected chi connectivity index (χ3v) is 4.41. The van der Waals surface area contributed by atoms with Crippen molar-refractivity contribution >= 4 is 29.2 Å². The molecule has 0 radical (unpaired) electrons. The monoisotopic (exact) mass is 415 g/mol. The highest BCUT2D eigenvalue weighted by atomic mass is 35.5. The quantitative estimate of drug-likeness (QED) is 0.622. The molecule has 2 rings (SSSR count). The Morgan fingerprint density at radius 1 is 1.26 bits per heavy atom. The van der Waals surface area contributed by atoms with E-state index in [9.17, 15) is 9.18 Å². The number of carbonyl (C=O) groups is 1. The molecule has 0 fully saturated rings. The number of hydrogen-bond donors (Lipinski definition) is 2. The normalized spacial score (nSPS) is 11.9. The van der Waals surface area contributed by atoms with Crippen LogP contribution in [0.15, 0.2) is 30.3 Å². The van der Waals surface area contributed by atoms with E-state index in [1.807, 2.05) is 6.92 Å². The Bertz CT molecular complexity index is 796. The largest absolute Gasteiger partial charge is 0.490 e. The molecule has 0 saturated heterocycles. The average Bonchev–Trinajstić information content (AvgIpc) is 2.61. The lowest BCUT2D eigenvalue weighted by Crippen LogP contribution is -2.33. The van der Waals surface area contributed by atoms with Crippen molar-refractivity contribution in [3.8, 4) is 11.5 Å². The first-order valence-corrected chi connectivity index (χ1v) is 9.06. The summed E-state index contributed by atoms with van der Waals surface area (Å²) >= 11 is 12.3. The minimum Gasteiger partial charge on any atom is -0.490 e. The SMILES string of the molecule is CCOc1cc(CNC(C)C(=O)O)cc(Cl)c1OCc1c(F)cccc1Cl. The van der Waals surface area contributed by atoms with Crippen molar-refractivity contribution in [2.24, 2.45) is 0 Å². The van der Waals surface area contributed by atoms with E-state index in [0.29, 0.717) is 12.4 Å². The van der Waals surface area contributed by atoms with Gasteiger partial charge in [0.2, 0.25) is 0 Å². The maximum absolute atomic E-state index is 13.9. The lowest BCUT2D eigenvalue weighted by molar-refractivity contribution is -0.139. The lowest BCUT2D eigenvalue weighted by atomic mass is 10.1. The fraction of sp³-hybridized carbons (Fsp3) is 0.316. The number of nitrogens with one attached hydrogen (secondary N) is 1. The highest BCUT2D eigenvalue weighted by molar-refractivity contribution is 6.32. The lowest BCUT2D eigenvalue weighted by Gasteiger charge is -2.17. The molecule has 0 spiro atoms. The number of benzene rings is 2. The van der Waals surface area contributed by atoms with Gasteiger partial charge in [-0.3, -0.25) is 4.79 Å². The maximum atomic E-state index is 13.9. The molecule has 0 aliphatic rings. The minimum absolute atomic E-state index is 0.112. The van der Waals surface area contributed by atoms with Gasteiger partial charge in [-0.25, -0.2) is 4.39 Å². The van der Waals surface area contributed by atoms with Crippen LogP contribution in [0.25, 0.3) is 0 Å². The predicted molar refractivity (Wildman–Crippen MR) is 102 cm³/mol. The second-order valence-corrected chi connectivity index (χ2v) is 6.58. The summed E-state index contributed by atoms with van der Waals surface area (Å²) in [7, 11) is 0. The van der Waals surface area contributed by atoms with Gasteiger partial charge in [0.25, 0.3) is 0 Å². The Balaban J connectivity index is 2.21. The number of carboxylic acids is 1. The molecule has 2 aromatic rings. The molecule has 0 bridgehead atoms. The molecule has 146 valence electrons. The number of aliphatic carboxylic acids is 1. The number of hydrogen-bond acceptors (Lipinski definition) is 4. The zero-order chi connectivity index (χ0) is 20.0. The van der Waals surface area contributed by atoms with Crippen LogP contribution in [-0.2, 0) is 17.9 Å². The van der Waals surface area contributed by atoms with Crippen molar-refractivity contribution in [2.45, 2.75) is 33.0 Å². The van der Waals surface area contributed by atoms with E-state index in [4.69, 9.17) is 37.8 Å². The molecule has 0 aliphatic carbocycles. The van der Waals surface area contributed by atoms with E-state index in [1.165, 1.54) is 12.1 Å². The second-order valence-electron chi connectivity index (χ2n) is 5.77. The molecule has 0 saturated carbocycles. The first-order valence-electron chi connectivity index (χ1n) is 8.30. The van der Waals surface area contributed by atoms with Crippen molar-refractivity contribution < 1.29 is 23.8 Å². The van der Waals surface area contributed by atoms with Crippen LogP contribution in [0.2, 0.25) is 10.0 Å². The summed E-state index contributed by atoms with van der Waals surface area (Å²) in [6, 6.07) is 7.03. The van der Waals surface area contributed by atoms with Gasteiger partial charge in [-0.2, -0.15) is 0 Å². The minimum atomic E-state index is -0.951. The Morgan fingerprint density at radius 2 is 2.00 bits per heavy atom. The van der Waals surface area contributed by atoms with Crippen LogP contribution in [0.5, 0.6) is 11.5 Å². The van der Waals surface area contributed by atoms with Crippen molar-refractivity contribution in [1.82, 2.24) is 5.32 Å². The smallest absolute Gasteiger partial charge is 0.320 e. The van der Waals surface area contributed by atoms with E-state index < -0.39 is 17.8 Å². The van der Waals surface area contributed by atoms with E-state index >= 15 is 0 Å². The van der Waals surface area contributed by atoms with E-state index in [0.717, 1.165) is 5.56 Å². The molecular weight excluding hydrogens is 396 g/mol. The zero-order valence-corrected chi connectivity index (χ0v) is 16.4. The number of halogens is 3. The first-order chi connectivity index (χ1) is 12.8. The molecule has 1 atom stereocenters. The van der Waals surface area contributed by atoms with Gasteiger partial charge in [-0.05, 0) is 43.7 Å². The summed E-state index contributed by atoms with van der Waals surface area (Å²) in [6.07, 6.45) is 0. The molecule has 27 heavy (non-hydrogen) atoms. The van der Waals surface area contributed by atoms with Crippen molar-refractivity contribution in [2.75, 3.05) is 6.61 Å². The fourth-order valence-electron chi connectivity index (χ4n) is 2.30. The van der Waals surface area contributed by atoms with Crippen molar-refractivity contribution in [3.63, 3.8) is 0 Å². The van der Waals surface area contributed by atoms with Crippen LogP contribution in [0.1, 0.15) is 25.0 Å². The van der Waals surface area contributed by atoms with Crippen molar-refractivity contribution in [3.05, 3.63) is 57.3 Å². The standard InChI is InChI=1S/C19H20Cl2FNO4/c1-3-26-17-8-12(9-23-11(2)19(24)25)7-15(21)18(17)27-10-13-14(20)5-4-6-16(13)22/h4-8,11,23H,3,9-10H2,1-2H3,(H,24,25). The topological polar surface area (TPSA) is 67.8 Å². The summed E-state index contributed by atoms with van der Waals surface area (Å²) < 4.78 is 25.2. The number of carboxylic acid groups (broad SMARTS) is 1. The summed E-state index contributed by atoms with van der Waals surface area (Å²) in [6.45, 7) is 3.90.